The van der Waals surface area contributed by atoms with Crippen molar-refractivity contribution in [2.24, 2.45) is 5.92 Å². The van der Waals surface area contributed by atoms with E-state index >= 15 is 0 Å². The topological polar surface area (TPSA) is 90.5 Å². The maximum Gasteiger partial charge on any atom is 0.306 e. The fourth-order valence-corrected chi connectivity index (χ4v) is 3.69. The number of nitrogens with one attached hydrogen (secondary N) is 3. The highest BCUT2D eigenvalue weighted by Crippen LogP contribution is 2.26. The highest BCUT2D eigenvalue weighted by molar-refractivity contribution is 9.10. The Labute approximate surface area is 149 Å². The zero-order chi connectivity index (χ0) is 17.1. The minimum atomic E-state index is -0.723. The van der Waals surface area contributed by atoms with Crippen molar-refractivity contribution in [2.75, 3.05) is 0 Å². The number of hydrogen-bond donors (Lipinski definition) is 4. The smallest absolute Gasteiger partial charge is 0.306 e. The molecule has 1 aromatic rings. The molecule has 0 radical (unpaired) electrons. The van der Waals surface area contributed by atoms with Crippen LogP contribution in [0.1, 0.15) is 43.7 Å². The second-order valence-electron chi connectivity index (χ2n) is 6.58. The van der Waals surface area contributed by atoms with E-state index in [2.05, 4.69) is 32.1 Å². The normalized spacial score (nSPS) is 30.0. The summed E-state index contributed by atoms with van der Waals surface area (Å²) in [7, 11) is 0. The first-order valence-corrected chi connectivity index (χ1v) is 9.12. The third kappa shape index (κ3) is 4.15. The fraction of sp³-hybridized carbons (Fsp3) is 0.529. The molecule has 6 nitrogen and oxygen atoms in total. The van der Waals surface area contributed by atoms with Crippen LogP contribution < -0.4 is 16.2 Å². The lowest BCUT2D eigenvalue weighted by Gasteiger charge is -2.27. The summed E-state index contributed by atoms with van der Waals surface area (Å²) in [6.45, 7) is 0. The lowest BCUT2D eigenvalue weighted by Crippen LogP contribution is -2.48. The number of carbonyl (C=O) groups is 2. The zero-order valence-corrected chi connectivity index (χ0v) is 14.9. The van der Waals surface area contributed by atoms with Crippen molar-refractivity contribution in [3.63, 3.8) is 0 Å². The molecule has 0 bridgehead atoms. The molecule has 2 aliphatic rings. The predicted molar refractivity (Wildman–Crippen MR) is 93.1 cm³/mol. The van der Waals surface area contributed by atoms with Gasteiger partial charge in [0.1, 0.15) is 6.04 Å². The zero-order valence-electron chi connectivity index (χ0n) is 13.3. The van der Waals surface area contributed by atoms with Gasteiger partial charge in [0.25, 0.3) is 0 Å². The lowest BCUT2D eigenvalue weighted by molar-refractivity contribution is -0.142. The number of rotatable bonds is 4. The average molecular weight is 396 g/mol. The molecule has 1 aliphatic carbocycles. The van der Waals surface area contributed by atoms with E-state index in [1.54, 1.807) is 0 Å². The molecule has 3 rings (SSSR count). The minimum Gasteiger partial charge on any atom is -0.481 e. The quantitative estimate of drug-likeness (QED) is 0.626. The summed E-state index contributed by atoms with van der Waals surface area (Å²) in [6, 6.07) is 7.98. The van der Waals surface area contributed by atoms with Crippen LogP contribution in [0.3, 0.4) is 0 Å². The van der Waals surface area contributed by atoms with Crippen LogP contribution in [0.15, 0.2) is 28.7 Å². The lowest BCUT2D eigenvalue weighted by atomic mass is 9.86. The molecule has 1 heterocycles. The van der Waals surface area contributed by atoms with E-state index in [1.165, 1.54) is 0 Å². The monoisotopic (exact) mass is 395 g/mol. The van der Waals surface area contributed by atoms with Gasteiger partial charge in [-0.2, -0.15) is 0 Å². The number of benzene rings is 1. The Morgan fingerprint density at radius 2 is 1.75 bits per heavy atom. The maximum absolute atomic E-state index is 12.4. The second kappa shape index (κ2) is 7.63. The van der Waals surface area contributed by atoms with Crippen molar-refractivity contribution in [3.05, 3.63) is 34.3 Å². The van der Waals surface area contributed by atoms with Gasteiger partial charge in [-0.15, -0.1) is 0 Å². The molecule has 1 saturated carbocycles. The third-order valence-corrected chi connectivity index (χ3v) is 5.44. The van der Waals surface area contributed by atoms with Gasteiger partial charge < -0.3 is 10.4 Å². The Morgan fingerprint density at radius 1 is 1.08 bits per heavy atom. The van der Waals surface area contributed by atoms with Crippen LogP contribution in [0.2, 0.25) is 0 Å². The molecule has 0 aromatic heterocycles. The molecule has 1 amide bonds. The largest absolute Gasteiger partial charge is 0.481 e. The number of hydrazine groups is 1. The Kier molecular flexibility index (Phi) is 5.53. The molecule has 0 spiro atoms. The summed E-state index contributed by atoms with van der Waals surface area (Å²) >= 11 is 3.42. The number of carbonyl (C=O) groups excluding carboxylic acids is 1. The molecule has 4 N–H and O–H groups in total. The van der Waals surface area contributed by atoms with Crippen molar-refractivity contribution in [2.45, 2.75) is 50.2 Å². The molecule has 2 atom stereocenters. The van der Waals surface area contributed by atoms with Crippen LogP contribution in [-0.2, 0) is 9.59 Å². The van der Waals surface area contributed by atoms with Crippen LogP contribution in [0.4, 0.5) is 0 Å². The van der Waals surface area contributed by atoms with Crippen LogP contribution in [-0.4, -0.2) is 29.1 Å². The fourth-order valence-electron chi connectivity index (χ4n) is 3.43. The van der Waals surface area contributed by atoms with Crippen LogP contribution in [0.5, 0.6) is 0 Å². The SMILES string of the molecule is O=C(O)C1CCC(NC(=O)C2CC(c3ccc(Br)cc3)NN2)CC1. The van der Waals surface area contributed by atoms with E-state index in [9.17, 15) is 9.59 Å². The maximum atomic E-state index is 12.4. The van der Waals surface area contributed by atoms with Gasteiger partial charge in [0.05, 0.1) is 5.92 Å². The van der Waals surface area contributed by atoms with Gasteiger partial charge in [0.2, 0.25) is 5.91 Å². The van der Waals surface area contributed by atoms with E-state index in [4.69, 9.17) is 5.11 Å². The summed E-state index contributed by atoms with van der Waals surface area (Å²) in [4.78, 5) is 23.4. The molecule has 1 aromatic carbocycles. The van der Waals surface area contributed by atoms with Crippen molar-refractivity contribution in [1.82, 2.24) is 16.2 Å². The number of carboxylic acids is 1. The van der Waals surface area contributed by atoms with Gasteiger partial charge in [-0.05, 0) is 49.8 Å². The molecule has 2 fully saturated rings. The summed E-state index contributed by atoms with van der Waals surface area (Å²) in [6.07, 6.45) is 3.44. The van der Waals surface area contributed by atoms with Crippen molar-refractivity contribution in [1.29, 1.82) is 0 Å². The molecule has 130 valence electrons. The first-order valence-electron chi connectivity index (χ1n) is 8.32. The standard InChI is InChI=1S/C17H22BrN3O3/c18-12-5-1-10(2-6-12)14-9-15(21-20-14)16(22)19-13-7-3-11(4-8-13)17(23)24/h1-2,5-6,11,13-15,20-21H,3-4,7-9H2,(H,19,22)(H,23,24). The van der Waals surface area contributed by atoms with E-state index in [0.29, 0.717) is 19.3 Å². The van der Waals surface area contributed by atoms with Crippen LogP contribution >= 0.6 is 15.9 Å². The van der Waals surface area contributed by atoms with E-state index < -0.39 is 5.97 Å². The predicted octanol–water partition coefficient (Wildman–Crippen LogP) is 2.12. The van der Waals surface area contributed by atoms with Gasteiger partial charge in [-0.3, -0.25) is 9.59 Å². The van der Waals surface area contributed by atoms with Gasteiger partial charge in [-0.25, -0.2) is 10.9 Å². The summed E-state index contributed by atoms with van der Waals surface area (Å²) in [5.41, 5.74) is 7.39. The first-order chi connectivity index (χ1) is 11.5. The first kappa shape index (κ1) is 17.4. The van der Waals surface area contributed by atoms with Gasteiger partial charge in [0.15, 0.2) is 0 Å². The Bertz CT molecular complexity index is 600. The molecule has 1 aliphatic heterocycles. The Balaban J connectivity index is 1.48. The van der Waals surface area contributed by atoms with Crippen LogP contribution in [0, 0.1) is 5.92 Å². The Hall–Kier alpha value is -1.44. The van der Waals surface area contributed by atoms with E-state index in [-0.39, 0.29) is 30.0 Å². The number of amides is 1. The van der Waals surface area contributed by atoms with Gasteiger partial charge in [-0.1, -0.05) is 28.1 Å². The third-order valence-electron chi connectivity index (χ3n) is 4.91. The highest BCUT2D eigenvalue weighted by atomic mass is 79.9. The average Bonchev–Trinajstić information content (AvgIpc) is 3.06. The number of halogens is 1. The van der Waals surface area contributed by atoms with Crippen molar-refractivity contribution < 1.29 is 14.7 Å². The van der Waals surface area contributed by atoms with Crippen molar-refractivity contribution in [3.8, 4) is 0 Å². The highest BCUT2D eigenvalue weighted by Gasteiger charge is 2.32. The summed E-state index contributed by atoms with van der Waals surface area (Å²) < 4.78 is 1.03. The molecule has 1 saturated heterocycles. The van der Waals surface area contributed by atoms with Gasteiger partial charge in [0, 0.05) is 16.6 Å². The Morgan fingerprint density at radius 3 is 2.38 bits per heavy atom. The van der Waals surface area contributed by atoms with Gasteiger partial charge >= 0.3 is 5.97 Å². The van der Waals surface area contributed by atoms with E-state index in [1.807, 2.05) is 24.3 Å². The number of carboxylic acid groups (broad SMARTS) is 1. The molecule has 24 heavy (non-hydrogen) atoms. The summed E-state index contributed by atoms with van der Waals surface area (Å²) in [5, 5.41) is 12.1. The molecular formula is C17H22BrN3O3. The minimum absolute atomic E-state index is 0.0131. The molecule has 7 heteroatoms. The molecular weight excluding hydrogens is 374 g/mol. The number of hydrogen-bond acceptors (Lipinski definition) is 4. The molecule has 2 unspecified atom stereocenters. The summed E-state index contributed by atoms with van der Waals surface area (Å²) in [5.74, 6) is -0.995. The number of aliphatic carboxylic acids is 1. The van der Waals surface area contributed by atoms with Crippen molar-refractivity contribution >= 4 is 27.8 Å². The van der Waals surface area contributed by atoms with E-state index in [0.717, 1.165) is 22.9 Å². The van der Waals surface area contributed by atoms with Crippen LogP contribution in [0.25, 0.3) is 0 Å². The second-order valence-corrected chi connectivity index (χ2v) is 7.49.